The maximum absolute atomic E-state index is 5.84. The molecule has 4 nitrogen and oxygen atoms in total. The molecule has 0 bridgehead atoms. The normalized spacial score (nSPS) is 18.5. The first-order valence-corrected chi connectivity index (χ1v) is 7.85. The predicted octanol–water partition coefficient (Wildman–Crippen LogP) is 2.75. The van der Waals surface area contributed by atoms with Gasteiger partial charge in [-0.05, 0) is 42.8 Å². The molecule has 1 aliphatic carbocycles. The number of aromatic nitrogens is 2. The zero-order chi connectivity index (χ0) is 13.1. The molecule has 0 fully saturated rings. The fourth-order valence-corrected chi connectivity index (χ4v) is 3.61. The van der Waals surface area contributed by atoms with Crippen LogP contribution in [0.4, 0.5) is 0 Å². The topological polar surface area (TPSA) is 51.0 Å². The van der Waals surface area contributed by atoms with Gasteiger partial charge in [-0.2, -0.15) is 0 Å². The van der Waals surface area contributed by atoms with Crippen molar-refractivity contribution < 1.29 is 4.42 Å². The average Bonchev–Trinajstić information content (AvgIpc) is 3.07. The summed E-state index contributed by atoms with van der Waals surface area (Å²) in [6.07, 6.45) is 4.35. The highest BCUT2D eigenvalue weighted by atomic mass is 32.1. The Kier molecular flexibility index (Phi) is 3.94. The van der Waals surface area contributed by atoms with Crippen LogP contribution in [0.2, 0.25) is 0 Å². The highest BCUT2D eigenvalue weighted by molar-refractivity contribution is 7.10. The molecule has 0 radical (unpaired) electrons. The van der Waals surface area contributed by atoms with Gasteiger partial charge < -0.3 is 9.73 Å². The van der Waals surface area contributed by atoms with Crippen molar-refractivity contribution in [3.8, 4) is 0 Å². The molecule has 0 saturated carbocycles. The van der Waals surface area contributed by atoms with Crippen LogP contribution in [0.25, 0.3) is 0 Å². The molecule has 0 saturated heterocycles. The minimum Gasteiger partial charge on any atom is -0.425 e. The van der Waals surface area contributed by atoms with Gasteiger partial charge in [0.2, 0.25) is 11.8 Å². The largest absolute Gasteiger partial charge is 0.425 e. The summed E-state index contributed by atoms with van der Waals surface area (Å²) in [5.74, 6) is 1.86. The molecule has 0 aliphatic heterocycles. The lowest BCUT2D eigenvalue weighted by molar-refractivity contribution is 0.412. The van der Waals surface area contributed by atoms with Crippen LogP contribution in [0.3, 0.4) is 0 Å². The average molecular weight is 277 g/mol. The number of thiophene rings is 1. The van der Waals surface area contributed by atoms with Gasteiger partial charge in [0.15, 0.2) is 0 Å². The molecule has 0 spiro atoms. The van der Waals surface area contributed by atoms with E-state index in [-0.39, 0.29) is 0 Å². The molecule has 2 aromatic rings. The number of fused-ring (bicyclic) bond motifs is 1. The van der Waals surface area contributed by atoms with Crippen LogP contribution < -0.4 is 5.32 Å². The summed E-state index contributed by atoms with van der Waals surface area (Å²) in [6, 6.07) is 2.21. The zero-order valence-corrected chi connectivity index (χ0v) is 12.0. The first-order valence-electron chi connectivity index (χ1n) is 6.97. The molecule has 19 heavy (non-hydrogen) atoms. The van der Waals surface area contributed by atoms with Crippen LogP contribution in [0.5, 0.6) is 0 Å². The third kappa shape index (κ3) is 2.72. The van der Waals surface area contributed by atoms with E-state index in [1.807, 2.05) is 11.3 Å². The molecule has 1 N–H and O–H groups in total. The minimum atomic E-state index is 0.315. The molecule has 2 heterocycles. The van der Waals surface area contributed by atoms with Gasteiger partial charge >= 0.3 is 0 Å². The van der Waals surface area contributed by atoms with E-state index in [1.165, 1.54) is 23.3 Å². The van der Waals surface area contributed by atoms with Crippen LogP contribution in [0, 0.1) is 0 Å². The van der Waals surface area contributed by atoms with Gasteiger partial charge in [-0.3, -0.25) is 0 Å². The van der Waals surface area contributed by atoms with Crippen molar-refractivity contribution in [3.63, 3.8) is 0 Å². The van der Waals surface area contributed by atoms with Crippen LogP contribution >= 0.6 is 11.3 Å². The SMILES string of the molecule is CCNCCc1nnc(C2CCCc3sccc32)o1. The van der Waals surface area contributed by atoms with Crippen molar-refractivity contribution in [3.05, 3.63) is 33.7 Å². The quantitative estimate of drug-likeness (QED) is 0.854. The van der Waals surface area contributed by atoms with Crippen LogP contribution in [0.15, 0.2) is 15.9 Å². The Hall–Kier alpha value is -1.20. The molecule has 0 amide bonds. The molecule has 1 atom stereocenters. The van der Waals surface area contributed by atoms with Gasteiger partial charge in [0.25, 0.3) is 0 Å². The Morgan fingerprint density at radius 3 is 3.32 bits per heavy atom. The van der Waals surface area contributed by atoms with Gasteiger partial charge in [0, 0.05) is 17.8 Å². The number of hydrogen-bond donors (Lipinski definition) is 1. The summed E-state index contributed by atoms with van der Waals surface area (Å²) in [7, 11) is 0. The first-order chi connectivity index (χ1) is 9.38. The van der Waals surface area contributed by atoms with Gasteiger partial charge in [-0.1, -0.05) is 6.92 Å². The number of nitrogens with zero attached hydrogens (tertiary/aromatic N) is 2. The lowest BCUT2D eigenvalue weighted by atomic mass is 9.88. The number of rotatable bonds is 5. The van der Waals surface area contributed by atoms with E-state index in [0.717, 1.165) is 37.7 Å². The number of hydrogen-bond acceptors (Lipinski definition) is 5. The van der Waals surface area contributed by atoms with E-state index in [1.54, 1.807) is 0 Å². The van der Waals surface area contributed by atoms with E-state index in [9.17, 15) is 0 Å². The monoisotopic (exact) mass is 277 g/mol. The van der Waals surface area contributed by atoms with E-state index >= 15 is 0 Å². The van der Waals surface area contributed by atoms with Crippen molar-refractivity contribution in [2.45, 2.75) is 38.5 Å². The summed E-state index contributed by atoms with van der Waals surface area (Å²) < 4.78 is 5.84. The number of aryl methyl sites for hydroxylation is 1. The Bertz CT molecular complexity index is 534. The molecular weight excluding hydrogens is 258 g/mol. The molecule has 1 aliphatic rings. The summed E-state index contributed by atoms with van der Waals surface area (Å²) in [5.41, 5.74) is 1.40. The molecule has 1 unspecified atom stereocenters. The second-order valence-corrected chi connectivity index (χ2v) is 5.88. The van der Waals surface area contributed by atoms with Crippen molar-refractivity contribution in [2.24, 2.45) is 0 Å². The van der Waals surface area contributed by atoms with Crippen LogP contribution in [-0.2, 0) is 12.8 Å². The molecule has 102 valence electrons. The standard InChI is InChI=1S/C14H19N3OS/c1-2-15-8-6-13-16-17-14(18-13)11-4-3-5-12-10(11)7-9-19-12/h7,9,11,15H,2-6,8H2,1H3. The smallest absolute Gasteiger partial charge is 0.224 e. The second-order valence-electron chi connectivity index (χ2n) is 4.88. The van der Waals surface area contributed by atoms with E-state index in [4.69, 9.17) is 4.42 Å². The molecule has 2 aromatic heterocycles. The molecule has 0 aromatic carbocycles. The van der Waals surface area contributed by atoms with E-state index in [2.05, 4.69) is 33.9 Å². The van der Waals surface area contributed by atoms with Crippen LogP contribution in [-0.4, -0.2) is 23.3 Å². The molecule has 3 rings (SSSR count). The lowest BCUT2D eigenvalue weighted by Gasteiger charge is -2.18. The third-order valence-electron chi connectivity index (χ3n) is 3.60. The first kappa shape index (κ1) is 12.8. The van der Waals surface area contributed by atoms with Crippen molar-refractivity contribution in [2.75, 3.05) is 13.1 Å². The lowest BCUT2D eigenvalue weighted by Crippen LogP contribution is -2.16. The highest BCUT2D eigenvalue weighted by Crippen LogP contribution is 2.38. The number of likely N-dealkylation sites (N-methyl/N-ethyl adjacent to an activating group) is 1. The molecule has 5 heteroatoms. The second kappa shape index (κ2) is 5.84. The zero-order valence-electron chi connectivity index (χ0n) is 11.2. The van der Waals surface area contributed by atoms with Gasteiger partial charge in [-0.15, -0.1) is 21.5 Å². The van der Waals surface area contributed by atoms with Gasteiger partial charge in [0.1, 0.15) is 0 Å². The van der Waals surface area contributed by atoms with Gasteiger partial charge in [0.05, 0.1) is 5.92 Å². The third-order valence-corrected chi connectivity index (χ3v) is 4.59. The van der Waals surface area contributed by atoms with Crippen LogP contribution in [0.1, 0.15) is 47.9 Å². The Balaban J connectivity index is 1.73. The Morgan fingerprint density at radius 1 is 1.47 bits per heavy atom. The maximum atomic E-state index is 5.84. The highest BCUT2D eigenvalue weighted by Gasteiger charge is 2.27. The summed E-state index contributed by atoms with van der Waals surface area (Å²) in [6.45, 7) is 3.97. The molecular formula is C14H19N3OS. The Labute approximate surface area is 117 Å². The summed E-state index contributed by atoms with van der Waals surface area (Å²) >= 11 is 1.85. The maximum Gasteiger partial charge on any atom is 0.224 e. The van der Waals surface area contributed by atoms with Crippen molar-refractivity contribution in [1.29, 1.82) is 0 Å². The fourth-order valence-electron chi connectivity index (χ4n) is 2.62. The van der Waals surface area contributed by atoms with E-state index in [0.29, 0.717) is 5.92 Å². The van der Waals surface area contributed by atoms with E-state index < -0.39 is 0 Å². The van der Waals surface area contributed by atoms with Crippen molar-refractivity contribution in [1.82, 2.24) is 15.5 Å². The summed E-state index contributed by atoms with van der Waals surface area (Å²) in [4.78, 5) is 1.49. The number of nitrogens with one attached hydrogen (secondary N) is 1. The minimum absolute atomic E-state index is 0.315. The van der Waals surface area contributed by atoms with Crippen molar-refractivity contribution >= 4 is 11.3 Å². The Morgan fingerprint density at radius 2 is 2.42 bits per heavy atom. The predicted molar refractivity (Wildman–Crippen MR) is 75.6 cm³/mol. The summed E-state index contributed by atoms with van der Waals surface area (Å²) in [5, 5.41) is 13.9. The fraction of sp³-hybridized carbons (Fsp3) is 0.571. The van der Waals surface area contributed by atoms with Gasteiger partial charge in [-0.25, -0.2) is 0 Å².